The van der Waals surface area contributed by atoms with Crippen LogP contribution < -0.4 is 0 Å². The highest BCUT2D eigenvalue weighted by atomic mass is 35.5. The topological polar surface area (TPSA) is 35.5 Å². The van der Waals surface area contributed by atoms with Gasteiger partial charge in [0.1, 0.15) is 12.7 Å². The van der Waals surface area contributed by atoms with Crippen LogP contribution in [0.4, 0.5) is 0 Å². The van der Waals surface area contributed by atoms with E-state index >= 15 is 0 Å². The largest absolute Gasteiger partial charge is 0.281 e. The highest BCUT2D eigenvalue weighted by Crippen LogP contribution is 2.07. The SMILES string of the molecule is O=C(Cl)CC1C=CCOO1. The van der Waals surface area contributed by atoms with Gasteiger partial charge in [-0.15, -0.1) is 0 Å². The van der Waals surface area contributed by atoms with E-state index in [1.807, 2.05) is 0 Å². The molecule has 4 heteroatoms. The normalized spacial score (nSPS) is 24.7. The molecule has 0 amide bonds. The van der Waals surface area contributed by atoms with Crippen molar-refractivity contribution in [3.8, 4) is 0 Å². The fourth-order valence-electron chi connectivity index (χ4n) is 0.666. The number of carbonyl (C=O) groups is 1. The number of halogens is 1. The smallest absolute Gasteiger partial charge is 0.224 e. The van der Waals surface area contributed by atoms with E-state index in [-0.39, 0.29) is 12.5 Å². The molecule has 1 heterocycles. The molecule has 0 saturated heterocycles. The molecule has 1 rings (SSSR count). The molecule has 0 spiro atoms. The molecule has 0 bridgehead atoms. The third-order valence-electron chi connectivity index (χ3n) is 1.07. The number of carbonyl (C=O) groups excluding carboxylic acids is 1. The van der Waals surface area contributed by atoms with Gasteiger partial charge in [0.25, 0.3) is 0 Å². The molecule has 0 radical (unpaired) electrons. The highest BCUT2D eigenvalue weighted by molar-refractivity contribution is 6.63. The van der Waals surface area contributed by atoms with E-state index in [0.29, 0.717) is 6.61 Å². The molecule has 0 N–H and O–H groups in total. The van der Waals surface area contributed by atoms with Crippen molar-refractivity contribution >= 4 is 16.8 Å². The Balaban J connectivity index is 2.33. The van der Waals surface area contributed by atoms with Gasteiger partial charge in [-0.05, 0) is 11.6 Å². The van der Waals surface area contributed by atoms with Crippen molar-refractivity contribution in [2.45, 2.75) is 12.5 Å². The second-order valence-electron chi connectivity index (χ2n) is 1.91. The Bertz CT molecular complexity index is 155. The molecule has 1 aliphatic heterocycles. The number of hydrogen-bond acceptors (Lipinski definition) is 3. The Hall–Kier alpha value is -0.380. The second-order valence-corrected chi connectivity index (χ2v) is 2.33. The Kier molecular flexibility index (Phi) is 2.86. The summed E-state index contributed by atoms with van der Waals surface area (Å²) < 4.78 is 0. The summed E-state index contributed by atoms with van der Waals surface area (Å²) in [6.45, 7) is 0.437. The molecule has 0 saturated carbocycles. The molecule has 1 aliphatic rings. The summed E-state index contributed by atoms with van der Waals surface area (Å²) in [5, 5.41) is -0.417. The molecule has 0 aromatic heterocycles. The summed E-state index contributed by atoms with van der Waals surface area (Å²) in [5.74, 6) is 0. The Morgan fingerprint density at radius 1 is 1.80 bits per heavy atom. The van der Waals surface area contributed by atoms with Crippen LogP contribution in [0.5, 0.6) is 0 Å². The molecule has 56 valence electrons. The van der Waals surface area contributed by atoms with Crippen LogP contribution in [-0.2, 0) is 14.6 Å². The summed E-state index contributed by atoms with van der Waals surface area (Å²) in [5.41, 5.74) is 0. The quantitative estimate of drug-likeness (QED) is 0.346. The first kappa shape index (κ1) is 7.72. The van der Waals surface area contributed by atoms with E-state index in [9.17, 15) is 4.79 Å². The van der Waals surface area contributed by atoms with E-state index in [0.717, 1.165) is 0 Å². The molecule has 10 heavy (non-hydrogen) atoms. The zero-order chi connectivity index (χ0) is 7.40. The van der Waals surface area contributed by atoms with Gasteiger partial charge in [-0.1, -0.05) is 12.2 Å². The van der Waals surface area contributed by atoms with E-state index < -0.39 is 5.24 Å². The van der Waals surface area contributed by atoms with Gasteiger partial charge in [-0.2, -0.15) is 0 Å². The fraction of sp³-hybridized carbons (Fsp3) is 0.500. The molecule has 0 aliphatic carbocycles. The molecule has 0 aromatic carbocycles. The van der Waals surface area contributed by atoms with Gasteiger partial charge in [0.15, 0.2) is 0 Å². The van der Waals surface area contributed by atoms with Crippen LogP contribution in [0.2, 0.25) is 0 Å². The van der Waals surface area contributed by atoms with Crippen LogP contribution in [0, 0.1) is 0 Å². The zero-order valence-corrected chi connectivity index (χ0v) is 6.00. The molecule has 1 unspecified atom stereocenters. The van der Waals surface area contributed by atoms with Crippen LogP contribution in [0.1, 0.15) is 6.42 Å². The minimum Gasteiger partial charge on any atom is -0.281 e. The fourth-order valence-corrected chi connectivity index (χ4v) is 0.818. The first-order chi connectivity index (χ1) is 4.79. The summed E-state index contributed by atoms with van der Waals surface area (Å²) >= 11 is 5.10. The molecule has 0 aromatic rings. The first-order valence-corrected chi connectivity index (χ1v) is 3.30. The van der Waals surface area contributed by atoms with Crippen LogP contribution in [0.3, 0.4) is 0 Å². The summed E-state index contributed by atoms with van der Waals surface area (Å²) in [7, 11) is 0. The zero-order valence-electron chi connectivity index (χ0n) is 5.25. The lowest BCUT2D eigenvalue weighted by molar-refractivity contribution is -0.312. The van der Waals surface area contributed by atoms with Crippen molar-refractivity contribution < 1.29 is 14.6 Å². The van der Waals surface area contributed by atoms with Gasteiger partial charge in [0.2, 0.25) is 5.24 Å². The lowest BCUT2D eigenvalue weighted by Crippen LogP contribution is -2.17. The van der Waals surface area contributed by atoms with Crippen molar-refractivity contribution in [1.82, 2.24) is 0 Å². The molecular weight excluding hydrogens is 156 g/mol. The van der Waals surface area contributed by atoms with Gasteiger partial charge in [-0.3, -0.25) is 4.79 Å². The van der Waals surface area contributed by atoms with Crippen molar-refractivity contribution in [2.75, 3.05) is 6.61 Å². The average Bonchev–Trinajstić information content (AvgIpc) is 1.88. The van der Waals surface area contributed by atoms with Crippen LogP contribution >= 0.6 is 11.6 Å². The van der Waals surface area contributed by atoms with E-state index in [1.165, 1.54) is 0 Å². The average molecular weight is 163 g/mol. The Morgan fingerprint density at radius 3 is 3.10 bits per heavy atom. The molecule has 3 nitrogen and oxygen atoms in total. The lowest BCUT2D eigenvalue weighted by atomic mass is 10.2. The van der Waals surface area contributed by atoms with Crippen LogP contribution in [0.15, 0.2) is 12.2 Å². The van der Waals surface area contributed by atoms with Gasteiger partial charge in [0, 0.05) is 0 Å². The monoisotopic (exact) mass is 162 g/mol. The van der Waals surface area contributed by atoms with Crippen molar-refractivity contribution in [1.29, 1.82) is 0 Å². The van der Waals surface area contributed by atoms with E-state index in [2.05, 4.69) is 4.89 Å². The van der Waals surface area contributed by atoms with E-state index in [1.54, 1.807) is 12.2 Å². The minimum atomic E-state index is -0.417. The van der Waals surface area contributed by atoms with Crippen molar-refractivity contribution in [3.63, 3.8) is 0 Å². The molecule has 1 atom stereocenters. The maximum absolute atomic E-state index is 10.3. The predicted octanol–water partition coefficient (Wildman–Crippen LogP) is 1.03. The Labute approximate surface area is 63.5 Å². The number of hydrogen-bond donors (Lipinski definition) is 0. The second kappa shape index (κ2) is 3.71. The Morgan fingerprint density at radius 2 is 2.60 bits per heavy atom. The standard InChI is InChI=1S/C6H7ClO3/c7-6(8)4-5-2-1-3-9-10-5/h1-2,5H,3-4H2. The number of rotatable bonds is 2. The summed E-state index contributed by atoms with van der Waals surface area (Å²) in [6, 6.07) is 0. The van der Waals surface area contributed by atoms with Gasteiger partial charge in [-0.25, -0.2) is 9.78 Å². The lowest BCUT2D eigenvalue weighted by Gasteiger charge is -2.13. The predicted molar refractivity (Wildman–Crippen MR) is 35.4 cm³/mol. The minimum absolute atomic E-state index is 0.165. The first-order valence-electron chi connectivity index (χ1n) is 2.92. The molecule has 0 fully saturated rings. The maximum Gasteiger partial charge on any atom is 0.224 e. The van der Waals surface area contributed by atoms with Crippen LogP contribution in [0.25, 0.3) is 0 Å². The van der Waals surface area contributed by atoms with Crippen LogP contribution in [-0.4, -0.2) is 18.0 Å². The summed E-state index contributed by atoms with van der Waals surface area (Å²) in [4.78, 5) is 19.6. The van der Waals surface area contributed by atoms with Gasteiger partial charge >= 0.3 is 0 Å². The maximum atomic E-state index is 10.3. The summed E-state index contributed by atoms with van der Waals surface area (Å²) in [6.07, 6.45) is 3.40. The van der Waals surface area contributed by atoms with Crippen molar-refractivity contribution in [2.24, 2.45) is 0 Å². The molecular formula is C6H7ClO3. The highest BCUT2D eigenvalue weighted by Gasteiger charge is 2.12. The van der Waals surface area contributed by atoms with Gasteiger partial charge in [0.05, 0.1) is 6.42 Å². The van der Waals surface area contributed by atoms with E-state index in [4.69, 9.17) is 16.5 Å². The third kappa shape index (κ3) is 2.47. The van der Waals surface area contributed by atoms with Gasteiger partial charge < -0.3 is 0 Å². The third-order valence-corrected chi connectivity index (χ3v) is 1.22. The van der Waals surface area contributed by atoms with Crippen molar-refractivity contribution in [3.05, 3.63) is 12.2 Å².